The van der Waals surface area contributed by atoms with Crippen molar-refractivity contribution in [2.45, 2.75) is 85.6 Å². The van der Waals surface area contributed by atoms with Crippen molar-refractivity contribution in [2.24, 2.45) is 0 Å². The van der Waals surface area contributed by atoms with Crippen molar-refractivity contribution in [3.05, 3.63) is 212 Å². The lowest BCUT2D eigenvalue weighted by Crippen LogP contribution is -2.41. The molecular weight excluding hydrogens is 1690 g/mol. The lowest BCUT2D eigenvalue weighted by atomic mass is 9.80. The summed E-state index contributed by atoms with van der Waals surface area (Å²) >= 11 is 36.8. The zero-order valence-corrected chi connectivity index (χ0v) is 63.6. The van der Waals surface area contributed by atoms with Crippen molar-refractivity contribution >= 4 is 146 Å². The van der Waals surface area contributed by atoms with Gasteiger partial charge in [-0.1, -0.05) is 93.0 Å². The molecule has 0 unspecified atom stereocenters. The first-order valence-corrected chi connectivity index (χ1v) is 37.3. The number of rotatable bonds is 11. The van der Waals surface area contributed by atoms with Crippen molar-refractivity contribution in [3.63, 3.8) is 0 Å². The number of aromatic hydroxyl groups is 1. The normalized spacial score (nSPS) is 13.3. The Balaban J connectivity index is 0.000000295. The van der Waals surface area contributed by atoms with Gasteiger partial charge in [0.1, 0.15) is 44.8 Å². The third-order valence-corrected chi connectivity index (χ3v) is 18.0. The second-order valence-electron chi connectivity index (χ2n) is 23.1. The molecular formula is C64H56BBrCl6F12N6O13S3. The first kappa shape index (κ1) is 91.2. The predicted octanol–water partition coefficient (Wildman–Crippen LogP) is 17.5. The molecule has 574 valence electrons. The quantitative estimate of drug-likeness (QED) is 0.0532. The van der Waals surface area contributed by atoms with Crippen molar-refractivity contribution in [3.8, 4) is 39.6 Å². The van der Waals surface area contributed by atoms with E-state index in [0.29, 0.717) is 32.2 Å². The number of aromatic nitrogens is 3. The van der Waals surface area contributed by atoms with Gasteiger partial charge >= 0.3 is 25.6 Å². The summed E-state index contributed by atoms with van der Waals surface area (Å²) in [6, 6.07) is 16.7. The number of aryl methyl sites for hydroxylation is 3. The number of halogens is 19. The van der Waals surface area contributed by atoms with Crippen molar-refractivity contribution in [2.75, 3.05) is 18.8 Å². The lowest BCUT2D eigenvalue weighted by molar-refractivity contribution is -0.139. The number of hydrogen-bond acceptors (Lipinski definition) is 16. The van der Waals surface area contributed by atoms with E-state index in [4.69, 9.17) is 88.8 Å². The fourth-order valence-corrected chi connectivity index (χ4v) is 11.6. The number of phenols is 1. The van der Waals surface area contributed by atoms with Crippen LogP contribution in [-0.4, -0.2) is 100 Å². The molecule has 0 bridgehead atoms. The Morgan fingerprint density at radius 1 is 0.491 bits per heavy atom. The standard InChI is InChI=1S/C21H14Cl2F4N2O4S.C15H11ClF4N2O3S.C12H14BClF3NO2.C9H9BrFNO3S.C6H4Cl2O.CH4/c1-10-3-16(19(30)29-34(2,31)32)18(24)8-15(10)11-4-17(21(25,26)27)20(28-9-11)33-14-6-12(22)5-13(23)7-14;1-7-3-10(14(23)22-26(2,24)25)12(17)5-9(7)8-4-11(15(18,19)20)13(16)21-6-8;1-10(2)11(3,4)20-13(19-10)7-5-8(12(15,16)17)9(14)18-6-7;1-5-3-6(8(11)4-7(5)10)9(13)12-16(2,14)15;7-4-1-5(8)3-6(9)2-4;/h3-9H,1-2H3,(H,29,30);3-6H,1-2H3,(H,22,23);5-6H,1-4H3;3-4H,1-2H3,(H,12,13);1-3,9H;1H4. The molecule has 19 nitrogen and oxygen atoms in total. The van der Waals surface area contributed by atoms with Gasteiger partial charge in [0.05, 0.1) is 57.8 Å². The second-order valence-corrected chi connectivity index (χ2v) is 31.7. The van der Waals surface area contributed by atoms with Crippen LogP contribution in [0.1, 0.15) is 99.6 Å². The van der Waals surface area contributed by atoms with Crippen molar-refractivity contribution < 1.29 is 111 Å². The first-order valence-electron chi connectivity index (χ1n) is 28.6. The molecule has 8 aromatic rings. The highest BCUT2D eigenvalue weighted by molar-refractivity contribution is 9.10. The molecule has 3 aromatic heterocycles. The molecule has 5 aromatic carbocycles. The highest BCUT2D eigenvalue weighted by Crippen LogP contribution is 2.43. The number of phenolic OH excluding ortho intramolecular Hbond substituents is 1. The van der Waals surface area contributed by atoms with E-state index in [0.717, 1.165) is 67.6 Å². The summed E-state index contributed by atoms with van der Waals surface area (Å²) in [5.41, 5.74) is -4.99. The fraction of sp³-hybridized carbons (Fsp3) is 0.250. The summed E-state index contributed by atoms with van der Waals surface area (Å²) in [5, 5.41) is 8.66. The van der Waals surface area contributed by atoms with Gasteiger partial charge in [0.15, 0.2) is 0 Å². The molecule has 0 aliphatic carbocycles. The van der Waals surface area contributed by atoms with Gasteiger partial charge in [0, 0.05) is 59.7 Å². The molecule has 106 heavy (non-hydrogen) atoms. The third-order valence-electron chi connectivity index (χ3n) is 14.0. The van der Waals surface area contributed by atoms with Gasteiger partial charge in [-0.15, -0.1) is 0 Å². The summed E-state index contributed by atoms with van der Waals surface area (Å²) < 4.78 is 249. The monoisotopic (exact) mass is 1740 g/mol. The number of carbonyl (C=O) groups excluding carboxylic acids is 3. The van der Waals surface area contributed by atoms with Gasteiger partial charge < -0.3 is 19.2 Å². The van der Waals surface area contributed by atoms with Crippen LogP contribution in [0.5, 0.6) is 17.4 Å². The Kier molecular flexibility index (Phi) is 30.5. The topological polar surface area (TPSA) is 276 Å². The zero-order valence-electron chi connectivity index (χ0n) is 55.1. The molecule has 4 heterocycles. The maximum Gasteiger partial charge on any atom is 0.496 e. The molecule has 0 saturated carbocycles. The van der Waals surface area contributed by atoms with Gasteiger partial charge in [-0.05, 0) is 167 Å². The minimum absolute atomic E-state index is 0. The Morgan fingerprint density at radius 2 is 0.821 bits per heavy atom. The fourth-order valence-electron chi connectivity index (χ4n) is 8.52. The highest BCUT2D eigenvalue weighted by atomic mass is 79.9. The number of carbonyl (C=O) groups is 3. The molecule has 3 amide bonds. The van der Waals surface area contributed by atoms with Crippen LogP contribution in [0, 0.1) is 38.2 Å². The van der Waals surface area contributed by atoms with Gasteiger partial charge in [0.25, 0.3) is 17.7 Å². The number of ether oxygens (including phenoxy) is 1. The van der Waals surface area contributed by atoms with Crippen LogP contribution in [0.15, 0.2) is 114 Å². The van der Waals surface area contributed by atoms with E-state index in [1.165, 1.54) is 56.4 Å². The minimum Gasteiger partial charge on any atom is -0.508 e. The SMILES string of the molecule is C.CC1(C)OB(c2cnc(Cl)c(C(F)(F)F)c2)OC1(C)C.Cc1cc(C(=O)NS(C)(=O)=O)c(F)cc1-c1cnc(Cl)c(C(F)(F)F)c1.Cc1cc(C(=O)NS(C)(=O)=O)c(F)cc1-c1cnc(Oc2cc(Cl)cc(Cl)c2)c(C(F)(F)F)c1.Cc1cc(C(=O)NS(C)(=O)=O)c(F)cc1Br.Oc1cc(Cl)cc(Cl)c1. The zero-order chi connectivity index (χ0) is 80.0. The first-order chi connectivity index (χ1) is 47.8. The van der Waals surface area contributed by atoms with Crippen LogP contribution in [0.3, 0.4) is 0 Å². The molecule has 1 saturated heterocycles. The van der Waals surface area contributed by atoms with Gasteiger partial charge in [0.2, 0.25) is 35.9 Å². The van der Waals surface area contributed by atoms with E-state index >= 15 is 0 Å². The Hall–Kier alpha value is -7.23. The van der Waals surface area contributed by atoms with E-state index in [2.05, 4.69) is 30.9 Å². The van der Waals surface area contributed by atoms with Crippen LogP contribution >= 0.6 is 85.5 Å². The molecule has 42 heteroatoms. The van der Waals surface area contributed by atoms with Crippen molar-refractivity contribution in [1.82, 2.24) is 29.1 Å². The second kappa shape index (κ2) is 35.4. The molecule has 0 spiro atoms. The third kappa shape index (κ3) is 26.3. The van der Waals surface area contributed by atoms with Crippen molar-refractivity contribution in [1.29, 1.82) is 0 Å². The maximum atomic E-state index is 14.6. The molecule has 0 atom stereocenters. The number of alkyl halides is 9. The largest absolute Gasteiger partial charge is 0.508 e. The van der Waals surface area contributed by atoms with E-state index < -0.39 is 146 Å². The molecule has 0 radical (unpaired) electrons. The van der Waals surface area contributed by atoms with Gasteiger partial charge in [-0.2, -0.15) is 39.5 Å². The Labute approximate surface area is 638 Å². The minimum atomic E-state index is -4.89. The van der Waals surface area contributed by atoms with Crippen LogP contribution in [0.2, 0.25) is 30.4 Å². The Morgan fingerprint density at radius 3 is 1.19 bits per heavy atom. The molecule has 1 aliphatic rings. The van der Waals surface area contributed by atoms with E-state index in [-0.39, 0.29) is 73.4 Å². The number of pyridine rings is 3. The van der Waals surface area contributed by atoms with E-state index in [1.54, 1.807) is 27.2 Å². The Bertz CT molecular complexity index is 4950. The summed E-state index contributed by atoms with van der Waals surface area (Å²) in [7, 11) is -12.4. The molecule has 9 rings (SSSR count). The lowest BCUT2D eigenvalue weighted by Gasteiger charge is -2.32. The van der Waals surface area contributed by atoms with Crippen LogP contribution < -0.4 is 24.4 Å². The maximum absolute atomic E-state index is 14.6. The number of nitrogens with zero attached hydrogens (tertiary/aromatic N) is 3. The summed E-state index contributed by atoms with van der Waals surface area (Å²) in [4.78, 5) is 46.0. The number of nitrogens with one attached hydrogen (secondary N) is 3. The van der Waals surface area contributed by atoms with Crippen LogP contribution in [-0.2, 0) is 57.9 Å². The summed E-state index contributed by atoms with van der Waals surface area (Å²) in [6.07, 6.45) is -8.62. The highest BCUT2D eigenvalue weighted by Gasteiger charge is 2.52. The average molecular weight is 1740 g/mol. The molecule has 1 aliphatic heterocycles. The number of hydrogen-bond donors (Lipinski definition) is 4. The van der Waals surface area contributed by atoms with Crippen LogP contribution in [0.4, 0.5) is 52.7 Å². The summed E-state index contributed by atoms with van der Waals surface area (Å²) in [6.45, 7) is 11.8. The number of benzene rings is 5. The number of amides is 3. The predicted molar refractivity (Wildman–Crippen MR) is 381 cm³/mol. The molecule has 1 fully saturated rings. The smallest absolute Gasteiger partial charge is 0.496 e. The average Bonchev–Trinajstić information content (AvgIpc) is 1.71. The van der Waals surface area contributed by atoms with E-state index in [1.807, 2.05) is 27.7 Å². The molecule has 4 N–H and O–H groups in total. The van der Waals surface area contributed by atoms with Gasteiger partial charge in [-0.25, -0.2) is 67.5 Å². The van der Waals surface area contributed by atoms with Gasteiger partial charge in [-0.3, -0.25) is 14.4 Å². The number of sulfonamides is 3. The van der Waals surface area contributed by atoms with Crippen LogP contribution in [0.25, 0.3) is 22.3 Å². The summed E-state index contributed by atoms with van der Waals surface area (Å²) in [5.74, 6) is -7.16. The van der Waals surface area contributed by atoms with E-state index in [9.17, 15) is 92.3 Å².